The van der Waals surface area contributed by atoms with Gasteiger partial charge < -0.3 is 5.11 Å². The Kier molecular flexibility index (Phi) is 1.66. The first-order valence-electron chi connectivity index (χ1n) is 3.72. The molecule has 2 heterocycles. The summed E-state index contributed by atoms with van der Waals surface area (Å²) in [4.78, 5) is 18.4. The van der Waals surface area contributed by atoms with Gasteiger partial charge in [0.05, 0.1) is 0 Å². The molecule has 0 aliphatic carbocycles. The average Bonchev–Trinajstić information content (AvgIpc) is 2.17. The fourth-order valence-electron chi connectivity index (χ4n) is 1.16. The van der Waals surface area contributed by atoms with E-state index in [1.54, 1.807) is 24.4 Å². The molecule has 0 atom stereocenters. The van der Waals surface area contributed by atoms with Crippen LogP contribution in [0.2, 0.25) is 0 Å². The summed E-state index contributed by atoms with van der Waals surface area (Å²) in [7, 11) is 0. The van der Waals surface area contributed by atoms with Gasteiger partial charge in [0.15, 0.2) is 5.69 Å². The standard InChI is InChI=1S/C9H6N2O2/c12-9(13)8-7-6(3-5-11-8)2-1-4-10-7/h1-5H,(H,12,13). The highest BCUT2D eigenvalue weighted by Crippen LogP contribution is 2.12. The molecular formula is C9H6N2O2. The summed E-state index contributed by atoms with van der Waals surface area (Å²) >= 11 is 0. The molecule has 0 spiro atoms. The van der Waals surface area contributed by atoms with Crippen molar-refractivity contribution in [1.29, 1.82) is 0 Å². The van der Waals surface area contributed by atoms with Gasteiger partial charge in [0, 0.05) is 17.8 Å². The van der Waals surface area contributed by atoms with Crippen molar-refractivity contribution in [1.82, 2.24) is 9.97 Å². The fraction of sp³-hybridized carbons (Fsp3) is 0. The van der Waals surface area contributed by atoms with Crippen LogP contribution in [0.4, 0.5) is 0 Å². The van der Waals surface area contributed by atoms with Gasteiger partial charge in [-0.05, 0) is 12.1 Å². The van der Waals surface area contributed by atoms with Gasteiger partial charge in [0.1, 0.15) is 5.52 Å². The number of carboxylic acids is 1. The second-order valence-corrected chi connectivity index (χ2v) is 2.54. The number of hydrogen-bond acceptors (Lipinski definition) is 3. The van der Waals surface area contributed by atoms with Gasteiger partial charge >= 0.3 is 5.97 Å². The minimum Gasteiger partial charge on any atom is -0.476 e. The van der Waals surface area contributed by atoms with Crippen LogP contribution in [-0.2, 0) is 0 Å². The lowest BCUT2D eigenvalue weighted by atomic mass is 10.2. The Morgan fingerprint density at radius 2 is 2.08 bits per heavy atom. The molecule has 0 fully saturated rings. The van der Waals surface area contributed by atoms with E-state index < -0.39 is 5.97 Å². The second kappa shape index (κ2) is 2.82. The Hall–Kier alpha value is -1.97. The molecule has 0 aromatic carbocycles. The topological polar surface area (TPSA) is 63.1 Å². The molecule has 2 rings (SSSR count). The molecule has 4 heteroatoms. The molecule has 0 saturated heterocycles. The van der Waals surface area contributed by atoms with Crippen LogP contribution in [0, 0.1) is 0 Å². The summed E-state index contributed by atoms with van der Waals surface area (Å²) in [6.45, 7) is 0. The van der Waals surface area contributed by atoms with E-state index in [-0.39, 0.29) is 5.69 Å². The molecule has 0 radical (unpaired) electrons. The Balaban J connectivity index is 2.83. The number of nitrogens with zero attached hydrogens (tertiary/aromatic N) is 2. The van der Waals surface area contributed by atoms with Crippen molar-refractivity contribution in [3.63, 3.8) is 0 Å². The largest absolute Gasteiger partial charge is 0.476 e. The summed E-state index contributed by atoms with van der Waals surface area (Å²) in [5.74, 6) is -1.05. The maximum atomic E-state index is 10.7. The third kappa shape index (κ3) is 1.22. The number of hydrogen-bond donors (Lipinski definition) is 1. The molecule has 0 amide bonds. The summed E-state index contributed by atoms with van der Waals surface area (Å²) in [5, 5.41) is 9.57. The Bertz CT molecular complexity index is 463. The number of carboxylic acid groups (broad SMARTS) is 1. The molecule has 64 valence electrons. The second-order valence-electron chi connectivity index (χ2n) is 2.54. The van der Waals surface area contributed by atoms with E-state index in [0.29, 0.717) is 5.52 Å². The highest BCUT2D eigenvalue weighted by Gasteiger charge is 2.09. The van der Waals surface area contributed by atoms with E-state index in [9.17, 15) is 4.79 Å². The number of aromatic nitrogens is 2. The van der Waals surface area contributed by atoms with Gasteiger partial charge in [-0.2, -0.15) is 0 Å². The zero-order valence-electron chi connectivity index (χ0n) is 6.64. The average molecular weight is 174 g/mol. The van der Waals surface area contributed by atoms with Crippen LogP contribution in [0.3, 0.4) is 0 Å². The number of rotatable bonds is 1. The summed E-state index contributed by atoms with van der Waals surface area (Å²) in [6.07, 6.45) is 3.02. The fourth-order valence-corrected chi connectivity index (χ4v) is 1.16. The first-order valence-corrected chi connectivity index (χ1v) is 3.72. The number of aromatic carboxylic acids is 1. The Labute approximate surface area is 73.9 Å². The van der Waals surface area contributed by atoms with Crippen LogP contribution in [0.25, 0.3) is 10.9 Å². The highest BCUT2D eigenvalue weighted by atomic mass is 16.4. The van der Waals surface area contributed by atoms with E-state index in [0.717, 1.165) is 5.39 Å². The SMILES string of the molecule is O=C(O)c1nccc2cccnc12. The minimum absolute atomic E-state index is 0.00176. The molecule has 0 aliphatic rings. The van der Waals surface area contributed by atoms with Crippen LogP contribution in [-0.4, -0.2) is 21.0 Å². The van der Waals surface area contributed by atoms with Crippen LogP contribution in [0.5, 0.6) is 0 Å². The predicted octanol–water partition coefficient (Wildman–Crippen LogP) is 1.33. The molecule has 2 aromatic rings. The molecule has 2 aromatic heterocycles. The summed E-state index contributed by atoms with van der Waals surface area (Å²) < 4.78 is 0. The first-order chi connectivity index (χ1) is 6.29. The van der Waals surface area contributed by atoms with Crippen molar-refractivity contribution < 1.29 is 9.90 Å². The molecule has 0 unspecified atom stereocenters. The van der Waals surface area contributed by atoms with Crippen molar-refractivity contribution in [3.8, 4) is 0 Å². The lowest BCUT2D eigenvalue weighted by molar-refractivity contribution is 0.0692. The van der Waals surface area contributed by atoms with Gasteiger partial charge in [-0.1, -0.05) is 6.07 Å². The Morgan fingerprint density at radius 3 is 2.85 bits per heavy atom. The molecule has 0 bridgehead atoms. The van der Waals surface area contributed by atoms with Crippen LogP contribution < -0.4 is 0 Å². The molecular weight excluding hydrogens is 168 g/mol. The monoisotopic (exact) mass is 174 g/mol. The van der Waals surface area contributed by atoms with Gasteiger partial charge in [-0.3, -0.25) is 4.98 Å². The zero-order valence-corrected chi connectivity index (χ0v) is 6.64. The zero-order chi connectivity index (χ0) is 9.26. The van der Waals surface area contributed by atoms with Crippen molar-refractivity contribution >= 4 is 16.9 Å². The highest BCUT2D eigenvalue weighted by molar-refractivity contribution is 5.99. The molecule has 1 N–H and O–H groups in total. The quantitative estimate of drug-likeness (QED) is 0.708. The number of pyridine rings is 2. The normalized spacial score (nSPS) is 10.2. The van der Waals surface area contributed by atoms with Crippen LogP contribution in [0.15, 0.2) is 30.6 Å². The van der Waals surface area contributed by atoms with Gasteiger partial charge in [-0.25, -0.2) is 9.78 Å². The third-order valence-electron chi connectivity index (χ3n) is 1.72. The van der Waals surface area contributed by atoms with Crippen molar-refractivity contribution in [2.45, 2.75) is 0 Å². The number of carbonyl (C=O) groups is 1. The maximum absolute atomic E-state index is 10.7. The maximum Gasteiger partial charge on any atom is 0.356 e. The van der Waals surface area contributed by atoms with E-state index in [1.807, 2.05) is 0 Å². The van der Waals surface area contributed by atoms with Crippen molar-refractivity contribution in [2.24, 2.45) is 0 Å². The third-order valence-corrected chi connectivity index (χ3v) is 1.72. The van der Waals surface area contributed by atoms with Gasteiger partial charge in [0.25, 0.3) is 0 Å². The van der Waals surface area contributed by atoms with Crippen molar-refractivity contribution in [3.05, 3.63) is 36.3 Å². The van der Waals surface area contributed by atoms with Crippen molar-refractivity contribution in [2.75, 3.05) is 0 Å². The van der Waals surface area contributed by atoms with Crippen LogP contribution in [0.1, 0.15) is 10.5 Å². The lowest BCUT2D eigenvalue weighted by Gasteiger charge is -1.98. The van der Waals surface area contributed by atoms with Gasteiger partial charge in [0.2, 0.25) is 0 Å². The van der Waals surface area contributed by atoms with E-state index in [1.165, 1.54) is 6.20 Å². The molecule has 0 saturated carbocycles. The minimum atomic E-state index is -1.05. The smallest absolute Gasteiger partial charge is 0.356 e. The van der Waals surface area contributed by atoms with Gasteiger partial charge in [-0.15, -0.1) is 0 Å². The first kappa shape index (κ1) is 7.67. The number of fused-ring (bicyclic) bond motifs is 1. The summed E-state index contributed by atoms with van der Waals surface area (Å²) in [6, 6.07) is 5.29. The predicted molar refractivity (Wildman–Crippen MR) is 46.5 cm³/mol. The Morgan fingerprint density at radius 1 is 1.23 bits per heavy atom. The van der Waals surface area contributed by atoms with E-state index in [4.69, 9.17) is 5.11 Å². The van der Waals surface area contributed by atoms with Crippen LogP contribution >= 0.6 is 0 Å². The molecule has 4 nitrogen and oxygen atoms in total. The van der Waals surface area contributed by atoms with E-state index >= 15 is 0 Å². The summed E-state index contributed by atoms with van der Waals surface area (Å²) in [5.41, 5.74) is 0.426. The molecule has 0 aliphatic heterocycles. The van der Waals surface area contributed by atoms with E-state index in [2.05, 4.69) is 9.97 Å². The lowest BCUT2D eigenvalue weighted by Crippen LogP contribution is -2.01. The molecule has 13 heavy (non-hydrogen) atoms.